The molecule has 5 nitrogen and oxygen atoms in total. The lowest BCUT2D eigenvalue weighted by Gasteiger charge is -2.07. The van der Waals surface area contributed by atoms with Crippen LogP contribution in [0, 0.1) is 0 Å². The molecule has 0 aliphatic carbocycles. The van der Waals surface area contributed by atoms with Gasteiger partial charge in [-0.2, -0.15) is 0 Å². The Kier molecular flexibility index (Phi) is 3.99. The first-order valence-corrected chi connectivity index (χ1v) is 4.93. The van der Waals surface area contributed by atoms with Crippen LogP contribution in [0.5, 0.6) is 0 Å². The Morgan fingerprint density at radius 1 is 1.50 bits per heavy atom. The van der Waals surface area contributed by atoms with Crippen LogP contribution in [0.3, 0.4) is 0 Å². The zero-order valence-corrected chi connectivity index (χ0v) is 9.53. The first kappa shape index (κ1) is 12.2. The van der Waals surface area contributed by atoms with Crippen molar-refractivity contribution in [2.24, 2.45) is 0 Å². The molecular weight excluding hydrogens is 208 g/mol. The Balaban J connectivity index is 3.21. The number of carbonyl (C=O) groups excluding carboxylic acids is 2. The molecule has 5 heteroatoms. The molecule has 1 amide bonds. The number of hydrogen-bond acceptors (Lipinski definition) is 4. The van der Waals surface area contributed by atoms with Crippen molar-refractivity contribution in [1.82, 2.24) is 10.3 Å². The topological polar surface area (TPSA) is 68.3 Å². The van der Waals surface area contributed by atoms with Gasteiger partial charge in [-0.05, 0) is 12.5 Å². The van der Waals surface area contributed by atoms with Crippen LogP contribution in [-0.2, 0) is 11.2 Å². The molecule has 0 aliphatic rings. The molecule has 1 aromatic heterocycles. The van der Waals surface area contributed by atoms with E-state index in [0.717, 1.165) is 0 Å². The van der Waals surface area contributed by atoms with Gasteiger partial charge >= 0.3 is 5.97 Å². The number of rotatable bonds is 3. The Morgan fingerprint density at radius 2 is 2.19 bits per heavy atom. The first-order chi connectivity index (χ1) is 7.63. The van der Waals surface area contributed by atoms with Gasteiger partial charge in [0.15, 0.2) is 0 Å². The number of hydrogen-bond donors (Lipinski definition) is 1. The SMILES string of the molecule is CCc1ncc(C(=O)OC)cc1C(=O)NC. The average Bonchev–Trinajstić information content (AvgIpc) is 2.35. The summed E-state index contributed by atoms with van der Waals surface area (Å²) in [6, 6.07) is 1.50. The van der Waals surface area contributed by atoms with E-state index in [1.54, 1.807) is 0 Å². The van der Waals surface area contributed by atoms with Crippen molar-refractivity contribution in [3.63, 3.8) is 0 Å². The number of pyridine rings is 1. The molecule has 0 bridgehead atoms. The molecule has 16 heavy (non-hydrogen) atoms. The van der Waals surface area contributed by atoms with Crippen LogP contribution in [0.4, 0.5) is 0 Å². The highest BCUT2D eigenvalue weighted by molar-refractivity contribution is 5.98. The highest BCUT2D eigenvalue weighted by Gasteiger charge is 2.14. The summed E-state index contributed by atoms with van der Waals surface area (Å²) in [4.78, 5) is 26.9. The molecule has 1 rings (SSSR count). The summed E-state index contributed by atoms with van der Waals surface area (Å²) in [6.45, 7) is 1.90. The fourth-order valence-corrected chi connectivity index (χ4v) is 1.34. The minimum Gasteiger partial charge on any atom is -0.465 e. The van der Waals surface area contributed by atoms with E-state index in [9.17, 15) is 9.59 Å². The smallest absolute Gasteiger partial charge is 0.339 e. The quantitative estimate of drug-likeness (QED) is 0.768. The van der Waals surface area contributed by atoms with Crippen LogP contribution in [0.15, 0.2) is 12.3 Å². The third kappa shape index (κ3) is 2.36. The van der Waals surface area contributed by atoms with Gasteiger partial charge < -0.3 is 10.1 Å². The van der Waals surface area contributed by atoms with E-state index in [1.807, 2.05) is 6.92 Å². The molecule has 0 saturated carbocycles. The van der Waals surface area contributed by atoms with Gasteiger partial charge in [0.05, 0.1) is 23.9 Å². The van der Waals surface area contributed by atoms with Gasteiger partial charge in [-0.1, -0.05) is 6.92 Å². The van der Waals surface area contributed by atoms with E-state index in [1.165, 1.54) is 26.4 Å². The molecule has 0 unspecified atom stereocenters. The maximum absolute atomic E-state index is 11.6. The Hall–Kier alpha value is -1.91. The van der Waals surface area contributed by atoms with Crippen molar-refractivity contribution >= 4 is 11.9 Å². The number of aryl methyl sites for hydroxylation is 1. The fraction of sp³-hybridized carbons (Fsp3) is 0.364. The molecule has 86 valence electrons. The van der Waals surface area contributed by atoms with Crippen molar-refractivity contribution in [2.45, 2.75) is 13.3 Å². The second-order valence-corrected chi connectivity index (χ2v) is 3.14. The molecule has 0 spiro atoms. The molecule has 0 atom stereocenters. The Bertz CT molecular complexity index is 416. The lowest BCUT2D eigenvalue weighted by Crippen LogP contribution is -2.21. The van der Waals surface area contributed by atoms with Crippen LogP contribution < -0.4 is 5.32 Å². The Labute approximate surface area is 93.8 Å². The minimum atomic E-state index is -0.500. The van der Waals surface area contributed by atoms with Gasteiger partial charge in [0, 0.05) is 13.2 Å². The molecule has 1 aromatic rings. The second kappa shape index (κ2) is 5.25. The van der Waals surface area contributed by atoms with E-state index in [4.69, 9.17) is 0 Å². The van der Waals surface area contributed by atoms with E-state index in [0.29, 0.717) is 17.7 Å². The van der Waals surface area contributed by atoms with Crippen LogP contribution in [0.2, 0.25) is 0 Å². The van der Waals surface area contributed by atoms with Crippen LogP contribution >= 0.6 is 0 Å². The molecule has 0 radical (unpaired) electrons. The largest absolute Gasteiger partial charge is 0.465 e. The summed E-state index contributed by atoms with van der Waals surface area (Å²) >= 11 is 0. The highest BCUT2D eigenvalue weighted by Crippen LogP contribution is 2.10. The standard InChI is InChI=1S/C11H14N2O3/c1-4-9-8(10(14)12-2)5-7(6-13-9)11(15)16-3/h5-6H,4H2,1-3H3,(H,12,14). The second-order valence-electron chi connectivity index (χ2n) is 3.14. The third-order valence-corrected chi connectivity index (χ3v) is 2.20. The zero-order valence-electron chi connectivity index (χ0n) is 9.53. The van der Waals surface area contributed by atoms with E-state index < -0.39 is 5.97 Å². The molecule has 1 heterocycles. The molecule has 0 fully saturated rings. The minimum absolute atomic E-state index is 0.255. The average molecular weight is 222 g/mol. The predicted octanol–water partition coefficient (Wildman–Crippen LogP) is 0.790. The first-order valence-electron chi connectivity index (χ1n) is 4.93. The maximum Gasteiger partial charge on any atom is 0.339 e. The highest BCUT2D eigenvalue weighted by atomic mass is 16.5. The van der Waals surface area contributed by atoms with Gasteiger partial charge in [-0.15, -0.1) is 0 Å². The van der Waals surface area contributed by atoms with Gasteiger partial charge in [-0.25, -0.2) is 4.79 Å². The fourth-order valence-electron chi connectivity index (χ4n) is 1.34. The van der Waals surface area contributed by atoms with Crippen molar-refractivity contribution in [3.8, 4) is 0 Å². The van der Waals surface area contributed by atoms with Crippen LogP contribution in [0.25, 0.3) is 0 Å². The summed E-state index contributed by atoms with van der Waals surface area (Å²) in [5, 5.41) is 2.51. The van der Waals surface area contributed by atoms with Crippen molar-refractivity contribution < 1.29 is 14.3 Å². The van der Waals surface area contributed by atoms with Gasteiger partial charge in [0.1, 0.15) is 0 Å². The molecular formula is C11H14N2O3. The summed E-state index contributed by atoms with van der Waals surface area (Å²) in [5.74, 6) is -0.754. The monoisotopic (exact) mass is 222 g/mol. The van der Waals surface area contributed by atoms with E-state index in [-0.39, 0.29) is 11.5 Å². The number of amides is 1. The zero-order chi connectivity index (χ0) is 12.1. The van der Waals surface area contributed by atoms with Crippen molar-refractivity contribution in [2.75, 3.05) is 14.2 Å². The van der Waals surface area contributed by atoms with Crippen LogP contribution in [0.1, 0.15) is 33.3 Å². The lowest BCUT2D eigenvalue weighted by atomic mass is 10.1. The maximum atomic E-state index is 11.6. The van der Waals surface area contributed by atoms with Crippen LogP contribution in [-0.4, -0.2) is 31.0 Å². The summed E-state index contributed by atoms with van der Waals surface area (Å²) in [6.07, 6.45) is 2.04. The number of nitrogens with zero attached hydrogens (tertiary/aromatic N) is 1. The van der Waals surface area contributed by atoms with Gasteiger partial charge in [-0.3, -0.25) is 9.78 Å². The molecule has 1 N–H and O–H groups in total. The Morgan fingerprint density at radius 3 is 2.69 bits per heavy atom. The summed E-state index contributed by atoms with van der Waals surface area (Å²) < 4.78 is 4.57. The molecule has 0 saturated heterocycles. The molecule has 0 aliphatic heterocycles. The number of ether oxygens (including phenoxy) is 1. The van der Waals surface area contributed by atoms with E-state index in [2.05, 4.69) is 15.0 Å². The number of esters is 1. The summed E-state index contributed by atoms with van der Waals surface area (Å²) in [5.41, 5.74) is 1.35. The number of nitrogens with one attached hydrogen (secondary N) is 1. The molecule has 0 aromatic carbocycles. The normalized spacial score (nSPS) is 9.69. The number of methoxy groups -OCH3 is 1. The predicted molar refractivity (Wildman–Crippen MR) is 58.3 cm³/mol. The van der Waals surface area contributed by atoms with Crippen molar-refractivity contribution in [1.29, 1.82) is 0 Å². The van der Waals surface area contributed by atoms with Gasteiger partial charge in [0.25, 0.3) is 5.91 Å². The third-order valence-electron chi connectivity index (χ3n) is 2.20. The lowest BCUT2D eigenvalue weighted by molar-refractivity contribution is 0.0600. The van der Waals surface area contributed by atoms with Crippen molar-refractivity contribution in [3.05, 3.63) is 29.1 Å². The van der Waals surface area contributed by atoms with E-state index >= 15 is 0 Å². The van der Waals surface area contributed by atoms with Gasteiger partial charge in [0.2, 0.25) is 0 Å². The number of carbonyl (C=O) groups is 2. The summed E-state index contributed by atoms with van der Waals surface area (Å²) in [7, 11) is 2.82. The number of aromatic nitrogens is 1.